The molecule has 0 fully saturated rings. The molecule has 19 heavy (non-hydrogen) atoms. The Labute approximate surface area is 112 Å². The molecular formula is C13H19N3O3. The van der Waals surface area contributed by atoms with Gasteiger partial charge in [-0.05, 0) is 18.1 Å². The van der Waals surface area contributed by atoms with E-state index >= 15 is 0 Å². The second-order valence-corrected chi connectivity index (χ2v) is 4.45. The zero-order valence-electron chi connectivity index (χ0n) is 11.4. The van der Waals surface area contributed by atoms with Crippen LogP contribution in [0.2, 0.25) is 0 Å². The first kappa shape index (κ1) is 15.0. The minimum absolute atomic E-state index is 0.224. The highest BCUT2D eigenvalue weighted by Crippen LogP contribution is 2.10. The molecular weight excluding hydrogens is 246 g/mol. The summed E-state index contributed by atoms with van der Waals surface area (Å²) < 4.78 is 0. The normalized spacial score (nSPS) is 10.3. The lowest BCUT2D eigenvalue weighted by Crippen LogP contribution is -2.44. The van der Waals surface area contributed by atoms with Crippen molar-refractivity contribution < 1.29 is 14.7 Å². The molecule has 1 rings (SSSR count). The van der Waals surface area contributed by atoms with Gasteiger partial charge < -0.3 is 10.0 Å². The molecule has 0 heterocycles. The Bertz CT molecular complexity index is 460. The molecule has 0 atom stereocenters. The highest BCUT2D eigenvalue weighted by molar-refractivity contribution is 5.89. The lowest BCUT2D eigenvalue weighted by Gasteiger charge is -2.21. The molecule has 0 unspecified atom stereocenters. The molecule has 6 nitrogen and oxygen atoms in total. The number of hydrazine groups is 1. The van der Waals surface area contributed by atoms with Gasteiger partial charge >= 0.3 is 12.0 Å². The first-order valence-electron chi connectivity index (χ1n) is 5.92. The topological polar surface area (TPSA) is 72.9 Å². The van der Waals surface area contributed by atoms with Crippen LogP contribution in [0.5, 0.6) is 0 Å². The van der Waals surface area contributed by atoms with Crippen molar-refractivity contribution in [2.24, 2.45) is 0 Å². The summed E-state index contributed by atoms with van der Waals surface area (Å²) in [5.41, 5.74) is 3.62. The number of hydrogen-bond acceptors (Lipinski definition) is 3. The third-order valence-electron chi connectivity index (χ3n) is 2.63. The summed E-state index contributed by atoms with van der Waals surface area (Å²) in [7, 11) is 5.12. The van der Waals surface area contributed by atoms with Gasteiger partial charge in [0.05, 0.1) is 5.56 Å². The quantitative estimate of drug-likeness (QED) is 0.780. The SMILES string of the molecule is CN(C)NC(=O)N(C)CCc1ccccc1C(=O)O. The Morgan fingerprint density at radius 3 is 2.42 bits per heavy atom. The van der Waals surface area contributed by atoms with E-state index in [4.69, 9.17) is 5.11 Å². The summed E-state index contributed by atoms with van der Waals surface area (Å²) in [4.78, 5) is 24.2. The van der Waals surface area contributed by atoms with Crippen molar-refractivity contribution in [3.8, 4) is 0 Å². The Balaban J connectivity index is 2.62. The number of carboxylic acid groups (broad SMARTS) is 1. The molecule has 1 aromatic rings. The summed E-state index contributed by atoms with van der Waals surface area (Å²) >= 11 is 0. The highest BCUT2D eigenvalue weighted by Gasteiger charge is 2.12. The summed E-state index contributed by atoms with van der Waals surface area (Å²) in [5.74, 6) is -0.948. The Hall–Kier alpha value is -2.08. The van der Waals surface area contributed by atoms with E-state index in [0.29, 0.717) is 13.0 Å². The number of nitrogens with one attached hydrogen (secondary N) is 1. The minimum Gasteiger partial charge on any atom is -0.478 e. The summed E-state index contributed by atoms with van der Waals surface area (Å²) in [6, 6.07) is 6.59. The van der Waals surface area contributed by atoms with Crippen LogP contribution in [0.25, 0.3) is 0 Å². The predicted molar refractivity (Wildman–Crippen MR) is 72.0 cm³/mol. The Morgan fingerprint density at radius 1 is 1.21 bits per heavy atom. The number of urea groups is 1. The summed E-state index contributed by atoms with van der Waals surface area (Å²) in [6.07, 6.45) is 0.500. The number of carbonyl (C=O) groups is 2. The number of amides is 2. The molecule has 0 aliphatic heterocycles. The zero-order chi connectivity index (χ0) is 14.4. The van der Waals surface area contributed by atoms with E-state index in [1.807, 2.05) is 0 Å². The van der Waals surface area contributed by atoms with Crippen LogP contribution in [0.15, 0.2) is 24.3 Å². The predicted octanol–water partition coefficient (Wildman–Crippen LogP) is 1.05. The van der Waals surface area contributed by atoms with Crippen LogP contribution in [-0.4, -0.2) is 54.7 Å². The van der Waals surface area contributed by atoms with Crippen LogP contribution >= 0.6 is 0 Å². The van der Waals surface area contributed by atoms with Crippen molar-refractivity contribution in [2.45, 2.75) is 6.42 Å². The minimum atomic E-state index is -0.948. The number of rotatable bonds is 5. The largest absolute Gasteiger partial charge is 0.478 e. The van der Waals surface area contributed by atoms with E-state index in [1.165, 1.54) is 4.90 Å². The van der Waals surface area contributed by atoms with Gasteiger partial charge in [0.2, 0.25) is 0 Å². The summed E-state index contributed by atoms with van der Waals surface area (Å²) in [5, 5.41) is 10.6. The zero-order valence-corrected chi connectivity index (χ0v) is 11.4. The van der Waals surface area contributed by atoms with Crippen molar-refractivity contribution in [3.05, 3.63) is 35.4 Å². The fourth-order valence-electron chi connectivity index (χ4n) is 1.61. The van der Waals surface area contributed by atoms with Crippen molar-refractivity contribution in [2.75, 3.05) is 27.7 Å². The van der Waals surface area contributed by atoms with Gasteiger partial charge in [-0.1, -0.05) is 18.2 Å². The van der Waals surface area contributed by atoms with Gasteiger partial charge in [-0.2, -0.15) is 0 Å². The van der Waals surface area contributed by atoms with E-state index in [9.17, 15) is 9.59 Å². The molecule has 104 valence electrons. The fourth-order valence-corrected chi connectivity index (χ4v) is 1.61. The van der Waals surface area contributed by atoms with Crippen molar-refractivity contribution in [1.29, 1.82) is 0 Å². The number of hydrogen-bond donors (Lipinski definition) is 2. The van der Waals surface area contributed by atoms with E-state index < -0.39 is 5.97 Å². The Kier molecular flexibility index (Phi) is 5.32. The monoisotopic (exact) mass is 265 g/mol. The average Bonchev–Trinajstić information content (AvgIpc) is 2.35. The number of benzene rings is 1. The molecule has 2 N–H and O–H groups in total. The molecule has 2 amide bonds. The number of carboxylic acids is 1. The van der Waals surface area contributed by atoms with Gasteiger partial charge in [0.1, 0.15) is 0 Å². The number of aromatic carboxylic acids is 1. The molecule has 6 heteroatoms. The van der Waals surface area contributed by atoms with Gasteiger partial charge in [-0.3, -0.25) is 5.43 Å². The van der Waals surface area contributed by atoms with Crippen LogP contribution in [0.4, 0.5) is 4.79 Å². The molecule has 0 saturated carbocycles. The van der Waals surface area contributed by atoms with E-state index in [-0.39, 0.29) is 11.6 Å². The number of carbonyl (C=O) groups excluding carboxylic acids is 1. The van der Waals surface area contributed by atoms with Crippen LogP contribution < -0.4 is 5.43 Å². The van der Waals surface area contributed by atoms with Gasteiger partial charge in [-0.15, -0.1) is 0 Å². The molecule has 0 bridgehead atoms. The van der Waals surface area contributed by atoms with Crippen LogP contribution in [0.1, 0.15) is 15.9 Å². The summed E-state index contributed by atoms with van der Waals surface area (Å²) in [6.45, 7) is 0.448. The number of nitrogens with zero attached hydrogens (tertiary/aromatic N) is 2. The first-order chi connectivity index (χ1) is 8.91. The second-order valence-electron chi connectivity index (χ2n) is 4.45. The second kappa shape index (κ2) is 6.75. The van der Waals surface area contributed by atoms with Gasteiger partial charge in [0, 0.05) is 27.7 Å². The lowest BCUT2D eigenvalue weighted by molar-refractivity contribution is 0.0695. The molecule has 0 radical (unpaired) electrons. The fraction of sp³-hybridized carbons (Fsp3) is 0.385. The number of likely N-dealkylation sites (N-methyl/N-ethyl adjacent to an activating group) is 1. The standard InChI is InChI=1S/C13H19N3O3/c1-15(2)14-13(19)16(3)9-8-10-6-4-5-7-11(10)12(17)18/h4-7H,8-9H2,1-3H3,(H,14,19)(H,17,18). The first-order valence-corrected chi connectivity index (χ1v) is 5.92. The maximum absolute atomic E-state index is 11.7. The molecule has 0 saturated heterocycles. The highest BCUT2D eigenvalue weighted by atomic mass is 16.4. The molecule has 1 aromatic carbocycles. The van der Waals surface area contributed by atoms with Crippen LogP contribution in [0.3, 0.4) is 0 Å². The van der Waals surface area contributed by atoms with Crippen molar-refractivity contribution in [1.82, 2.24) is 15.3 Å². The average molecular weight is 265 g/mol. The lowest BCUT2D eigenvalue weighted by atomic mass is 10.0. The van der Waals surface area contributed by atoms with Crippen LogP contribution in [-0.2, 0) is 6.42 Å². The third kappa shape index (κ3) is 4.59. The smallest absolute Gasteiger partial charge is 0.335 e. The molecule has 0 aliphatic carbocycles. The Morgan fingerprint density at radius 2 is 1.84 bits per heavy atom. The molecule has 0 aliphatic rings. The van der Waals surface area contributed by atoms with Crippen LogP contribution in [0, 0.1) is 0 Å². The van der Waals surface area contributed by atoms with E-state index in [2.05, 4.69) is 5.43 Å². The van der Waals surface area contributed by atoms with Gasteiger partial charge in [0.15, 0.2) is 0 Å². The maximum Gasteiger partial charge on any atom is 0.335 e. The van der Waals surface area contributed by atoms with Gasteiger partial charge in [0.25, 0.3) is 0 Å². The maximum atomic E-state index is 11.7. The third-order valence-corrected chi connectivity index (χ3v) is 2.63. The van der Waals surface area contributed by atoms with Gasteiger partial charge in [-0.25, -0.2) is 14.6 Å². The van der Waals surface area contributed by atoms with E-state index in [0.717, 1.165) is 5.56 Å². The molecule has 0 spiro atoms. The van der Waals surface area contributed by atoms with E-state index in [1.54, 1.807) is 50.4 Å². The molecule has 0 aromatic heterocycles. The van der Waals surface area contributed by atoms with Crippen molar-refractivity contribution >= 4 is 12.0 Å². The van der Waals surface area contributed by atoms with Crippen molar-refractivity contribution in [3.63, 3.8) is 0 Å².